The predicted octanol–water partition coefficient (Wildman–Crippen LogP) is 3.86. The average Bonchev–Trinajstić information content (AvgIpc) is 2.64. The Hall–Kier alpha value is -1.16. The number of nitrogens with two attached hydrogens (primary N) is 1. The van der Waals surface area contributed by atoms with Crippen LogP contribution in [0, 0.1) is 0 Å². The summed E-state index contributed by atoms with van der Waals surface area (Å²) in [5.74, 6) is 0.177. The molecular weight excluding hydrogens is 310 g/mol. The van der Waals surface area contributed by atoms with Gasteiger partial charge < -0.3 is 15.9 Å². The number of allylic oxidation sites excluding steroid dienone is 2. The van der Waals surface area contributed by atoms with Gasteiger partial charge in [0.25, 0.3) is 0 Å². The van der Waals surface area contributed by atoms with Crippen molar-refractivity contribution in [3.8, 4) is 0 Å². The Bertz CT molecular complexity index is 549. The molecule has 1 aliphatic carbocycles. The van der Waals surface area contributed by atoms with E-state index >= 15 is 0 Å². The highest BCUT2D eigenvalue weighted by molar-refractivity contribution is 5.41. The van der Waals surface area contributed by atoms with Gasteiger partial charge in [0.2, 0.25) is 0 Å². The minimum atomic E-state index is -0.916. The molecule has 0 radical (unpaired) electrons. The third-order valence-corrected chi connectivity index (χ3v) is 5.39. The molecule has 0 unspecified atom stereocenters. The minimum absolute atomic E-state index is 0.177. The van der Waals surface area contributed by atoms with Crippen LogP contribution in [0.15, 0.2) is 30.4 Å². The highest BCUT2D eigenvalue weighted by Gasteiger charge is 2.29. The van der Waals surface area contributed by atoms with Crippen LogP contribution in [0.25, 0.3) is 0 Å². The number of aliphatic hydroxyl groups excluding tert-OH is 2. The zero-order valence-corrected chi connectivity index (χ0v) is 15.7. The highest BCUT2D eigenvalue weighted by atomic mass is 16.3. The van der Waals surface area contributed by atoms with Crippen molar-refractivity contribution in [2.24, 2.45) is 5.73 Å². The first kappa shape index (κ1) is 20.2. The van der Waals surface area contributed by atoms with Gasteiger partial charge in [0.15, 0.2) is 0 Å². The van der Waals surface area contributed by atoms with Gasteiger partial charge in [-0.15, -0.1) is 0 Å². The fourth-order valence-corrected chi connectivity index (χ4v) is 3.72. The van der Waals surface area contributed by atoms with Gasteiger partial charge in [-0.25, -0.2) is 0 Å². The molecule has 25 heavy (non-hydrogen) atoms. The lowest BCUT2D eigenvalue weighted by Gasteiger charge is -2.31. The van der Waals surface area contributed by atoms with Crippen LogP contribution in [-0.4, -0.2) is 29.0 Å². The molecule has 0 saturated carbocycles. The zero-order valence-electron chi connectivity index (χ0n) is 15.7. The number of rotatable bonds is 11. The highest BCUT2D eigenvalue weighted by Crippen LogP contribution is 2.33. The molecule has 3 heteroatoms. The van der Waals surface area contributed by atoms with Gasteiger partial charge in [-0.05, 0) is 42.4 Å². The lowest BCUT2D eigenvalue weighted by molar-refractivity contribution is 0.111. The molecule has 0 amide bonds. The van der Waals surface area contributed by atoms with Crippen molar-refractivity contribution in [2.75, 3.05) is 13.2 Å². The van der Waals surface area contributed by atoms with E-state index in [1.54, 1.807) is 0 Å². The Kier molecular flexibility index (Phi) is 8.14. The molecule has 0 spiro atoms. The molecule has 0 fully saturated rings. The molecule has 3 nitrogen and oxygen atoms in total. The van der Waals surface area contributed by atoms with E-state index < -0.39 is 5.54 Å². The molecule has 1 atom stereocenters. The van der Waals surface area contributed by atoms with Crippen molar-refractivity contribution in [3.63, 3.8) is 0 Å². The molecule has 0 bridgehead atoms. The molecule has 4 N–H and O–H groups in total. The number of hydrogen-bond acceptors (Lipinski definition) is 3. The third-order valence-electron chi connectivity index (χ3n) is 5.39. The van der Waals surface area contributed by atoms with Gasteiger partial charge in [0.1, 0.15) is 0 Å². The van der Waals surface area contributed by atoms with Gasteiger partial charge in [-0.3, -0.25) is 0 Å². The van der Waals surface area contributed by atoms with Gasteiger partial charge in [-0.1, -0.05) is 69.4 Å². The third kappa shape index (κ3) is 5.95. The summed E-state index contributed by atoms with van der Waals surface area (Å²) in [4.78, 5) is 0. The molecule has 2 rings (SSSR count). The molecule has 1 aromatic carbocycles. The van der Waals surface area contributed by atoms with Crippen LogP contribution >= 0.6 is 0 Å². The van der Waals surface area contributed by atoms with Crippen LogP contribution < -0.4 is 5.73 Å². The SMILES string of the molecule is CCCCCCCCc1ccc2c(c1)CC=C[C@@H]2CC(N)(CO)CO. The first-order valence-electron chi connectivity index (χ1n) is 9.91. The van der Waals surface area contributed by atoms with E-state index in [1.165, 1.54) is 55.2 Å². The number of aliphatic hydroxyl groups is 2. The number of hydrogen-bond donors (Lipinski definition) is 3. The first-order chi connectivity index (χ1) is 12.1. The Morgan fingerprint density at radius 1 is 1.08 bits per heavy atom. The van der Waals surface area contributed by atoms with Crippen LogP contribution in [0.4, 0.5) is 0 Å². The van der Waals surface area contributed by atoms with E-state index in [2.05, 4.69) is 37.3 Å². The summed E-state index contributed by atoms with van der Waals surface area (Å²) in [6, 6.07) is 6.81. The minimum Gasteiger partial charge on any atom is -0.394 e. The summed E-state index contributed by atoms with van der Waals surface area (Å²) in [6.45, 7) is 1.86. The Morgan fingerprint density at radius 2 is 1.80 bits per heavy atom. The maximum Gasteiger partial charge on any atom is 0.0634 e. The summed E-state index contributed by atoms with van der Waals surface area (Å²) in [5.41, 5.74) is 9.27. The lowest BCUT2D eigenvalue weighted by Crippen LogP contribution is -2.48. The topological polar surface area (TPSA) is 66.5 Å². The number of fused-ring (bicyclic) bond motifs is 1. The maximum absolute atomic E-state index is 9.47. The van der Waals surface area contributed by atoms with Crippen molar-refractivity contribution in [2.45, 2.75) is 76.2 Å². The quantitative estimate of drug-likeness (QED) is 0.421. The van der Waals surface area contributed by atoms with Crippen molar-refractivity contribution >= 4 is 0 Å². The van der Waals surface area contributed by atoms with Crippen LogP contribution in [0.2, 0.25) is 0 Å². The molecule has 0 saturated heterocycles. The van der Waals surface area contributed by atoms with Gasteiger partial charge >= 0.3 is 0 Å². The van der Waals surface area contributed by atoms with E-state index in [0.29, 0.717) is 6.42 Å². The van der Waals surface area contributed by atoms with Gasteiger partial charge in [0, 0.05) is 5.92 Å². The largest absolute Gasteiger partial charge is 0.394 e. The van der Waals surface area contributed by atoms with Gasteiger partial charge in [0.05, 0.1) is 18.8 Å². The Labute approximate surface area is 153 Å². The van der Waals surface area contributed by atoms with E-state index in [-0.39, 0.29) is 19.1 Å². The summed E-state index contributed by atoms with van der Waals surface area (Å²) in [6.07, 6.45) is 15.0. The van der Waals surface area contributed by atoms with Crippen LogP contribution in [-0.2, 0) is 12.8 Å². The van der Waals surface area contributed by atoms with Crippen molar-refractivity contribution in [1.29, 1.82) is 0 Å². The normalized spacial score (nSPS) is 16.9. The lowest BCUT2D eigenvalue weighted by atomic mass is 9.79. The molecule has 1 aromatic rings. The standard InChI is InChI=1S/C22H35NO2/c1-2-3-4-5-6-7-9-18-12-13-21-19(14-18)10-8-11-20(21)15-22(23,16-24)17-25/h8,11-14,20,24-25H,2-7,9-10,15-17,23H2,1H3/t20-/m1/s1. The zero-order chi connectivity index (χ0) is 18.1. The average molecular weight is 346 g/mol. The summed E-state index contributed by atoms with van der Waals surface area (Å²) < 4.78 is 0. The summed E-state index contributed by atoms with van der Waals surface area (Å²) >= 11 is 0. The number of unbranched alkanes of at least 4 members (excludes halogenated alkanes) is 5. The molecule has 0 aromatic heterocycles. The van der Waals surface area contributed by atoms with Crippen LogP contribution in [0.1, 0.15) is 74.5 Å². The molecule has 0 heterocycles. The predicted molar refractivity (Wildman–Crippen MR) is 105 cm³/mol. The summed E-state index contributed by atoms with van der Waals surface area (Å²) in [7, 11) is 0. The first-order valence-corrected chi connectivity index (χ1v) is 9.91. The fourth-order valence-electron chi connectivity index (χ4n) is 3.72. The van der Waals surface area contributed by atoms with E-state index in [9.17, 15) is 10.2 Å². The molecule has 1 aliphatic rings. The fraction of sp³-hybridized carbons (Fsp3) is 0.636. The number of aryl methyl sites for hydroxylation is 1. The van der Waals surface area contributed by atoms with Gasteiger partial charge in [-0.2, -0.15) is 0 Å². The van der Waals surface area contributed by atoms with E-state index in [0.717, 1.165) is 12.8 Å². The molecular formula is C22H35NO2. The van der Waals surface area contributed by atoms with Crippen molar-refractivity contribution in [1.82, 2.24) is 0 Å². The van der Waals surface area contributed by atoms with Crippen molar-refractivity contribution in [3.05, 3.63) is 47.0 Å². The molecule has 0 aliphatic heterocycles. The molecule has 140 valence electrons. The Morgan fingerprint density at radius 3 is 2.52 bits per heavy atom. The van der Waals surface area contributed by atoms with E-state index in [4.69, 9.17) is 5.73 Å². The summed E-state index contributed by atoms with van der Waals surface area (Å²) in [5, 5.41) is 18.9. The second-order valence-corrected chi connectivity index (χ2v) is 7.67. The van der Waals surface area contributed by atoms with Crippen LogP contribution in [0.5, 0.6) is 0 Å². The second-order valence-electron chi connectivity index (χ2n) is 7.67. The van der Waals surface area contributed by atoms with E-state index in [1.807, 2.05) is 0 Å². The number of benzene rings is 1. The maximum atomic E-state index is 9.47. The Balaban J connectivity index is 1.94. The monoisotopic (exact) mass is 345 g/mol. The van der Waals surface area contributed by atoms with Crippen molar-refractivity contribution < 1.29 is 10.2 Å². The van der Waals surface area contributed by atoms with Crippen LogP contribution in [0.3, 0.4) is 0 Å². The smallest absolute Gasteiger partial charge is 0.0634 e. The second kappa shape index (κ2) is 10.1.